The Bertz CT molecular complexity index is 903. The highest BCUT2D eigenvalue weighted by molar-refractivity contribution is 6.30. The quantitative estimate of drug-likeness (QED) is 0.516. The van der Waals surface area contributed by atoms with Gasteiger partial charge in [-0.3, -0.25) is 4.79 Å². The maximum Gasteiger partial charge on any atom is 0.277 e. The van der Waals surface area contributed by atoms with E-state index in [4.69, 9.17) is 16.3 Å². The molecule has 3 rings (SSSR count). The molecule has 0 spiro atoms. The first-order valence-corrected chi connectivity index (χ1v) is 8.16. The van der Waals surface area contributed by atoms with E-state index >= 15 is 0 Å². The number of carbonyl (C=O) groups is 1. The van der Waals surface area contributed by atoms with E-state index in [2.05, 4.69) is 10.5 Å². The Labute approximate surface area is 155 Å². The first-order chi connectivity index (χ1) is 12.6. The highest BCUT2D eigenvalue weighted by Crippen LogP contribution is 2.16. The van der Waals surface area contributed by atoms with Gasteiger partial charge in [-0.05, 0) is 60.7 Å². The van der Waals surface area contributed by atoms with Crippen LogP contribution in [0.2, 0.25) is 5.02 Å². The molecule has 0 aliphatic heterocycles. The number of nitrogens with one attached hydrogen (secondary N) is 1. The topological polar surface area (TPSA) is 75.8 Å². The van der Waals surface area contributed by atoms with E-state index in [9.17, 15) is 9.90 Å². The lowest BCUT2D eigenvalue weighted by Gasteiger charge is -2.06. The molecule has 0 aliphatic carbocycles. The Hall–Kier alpha value is -3.25. The molecule has 0 saturated carbocycles. The number of aromatic nitrogens is 1. The van der Waals surface area contributed by atoms with E-state index in [1.165, 1.54) is 6.21 Å². The standard InChI is InChI=1S/C19H16ClN3O3/c20-14-3-9-18(10-4-14)26-13-19(25)22-21-12-16-2-1-11-23(16)15-5-7-17(24)8-6-15/h1-12,24H,13H2,(H,22,25)/b21-12-. The van der Waals surface area contributed by atoms with Gasteiger partial charge in [-0.1, -0.05) is 11.6 Å². The first-order valence-electron chi connectivity index (χ1n) is 7.79. The molecule has 1 amide bonds. The third-order valence-corrected chi connectivity index (χ3v) is 3.73. The largest absolute Gasteiger partial charge is 0.508 e. The summed E-state index contributed by atoms with van der Waals surface area (Å²) < 4.78 is 7.22. The molecule has 1 aromatic heterocycles. The highest BCUT2D eigenvalue weighted by atomic mass is 35.5. The fraction of sp³-hybridized carbons (Fsp3) is 0.0526. The van der Waals surface area contributed by atoms with Crippen molar-refractivity contribution < 1.29 is 14.6 Å². The molecule has 2 N–H and O–H groups in total. The van der Waals surface area contributed by atoms with Gasteiger partial charge in [0.15, 0.2) is 6.61 Å². The zero-order valence-corrected chi connectivity index (χ0v) is 14.4. The second-order valence-corrected chi connectivity index (χ2v) is 5.79. The number of hydrazone groups is 1. The summed E-state index contributed by atoms with van der Waals surface area (Å²) in [5.41, 5.74) is 4.06. The summed E-state index contributed by atoms with van der Waals surface area (Å²) >= 11 is 5.79. The smallest absolute Gasteiger partial charge is 0.277 e. The van der Waals surface area contributed by atoms with Gasteiger partial charge >= 0.3 is 0 Å². The number of phenols is 1. The number of aromatic hydroxyl groups is 1. The molecule has 6 nitrogen and oxygen atoms in total. The summed E-state index contributed by atoms with van der Waals surface area (Å²) in [6.45, 7) is -0.155. The van der Waals surface area contributed by atoms with Gasteiger partial charge in [-0.2, -0.15) is 5.10 Å². The monoisotopic (exact) mass is 369 g/mol. The van der Waals surface area contributed by atoms with Crippen molar-refractivity contribution in [1.82, 2.24) is 9.99 Å². The minimum absolute atomic E-state index is 0.155. The van der Waals surface area contributed by atoms with E-state index in [0.29, 0.717) is 10.8 Å². The molecule has 0 fully saturated rings. The average Bonchev–Trinajstić information content (AvgIpc) is 3.10. The Morgan fingerprint density at radius 3 is 2.62 bits per heavy atom. The van der Waals surface area contributed by atoms with Gasteiger partial charge in [0.1, 0.15) is 11.5 Å². The first kappa shape index (κ1) is 17.6. The number of ether oxygens (including phenoxy) is 1. The van der Waals surface area contributed by atoms with Crippen molar-refractivity contribution in [2.24, 2.45) is 5.10 Å². The number of phenolic OH excluding ortho intramolecular Hbond substituents is 1. The van der Waals surface area contributed by atoms with E-state index in [-0.39, 0.29) is 18.3 Å². The predicted molar refractivity (Wildman–Crippen MR) is 100 cm³/mol. The van der Waals surface area contributed by atoms with Crippen molar-refractivity contribution in [2.75, 3.05) is 6.61 Å². The molecular formula is C19H16ClN3O3. The molecule has 0 radical (unpaired) electrons. The fourth-order valence-electron chi connectivity index (χ4n) is 2.23. The van der Waals surface area contributed by atoms with Crippen LogP contribution in [0.25, 0.3) is 5.69 Å². The van der Waals surface area contributed by atoms with Gasteiger partial charge in [0.2, 0.25) is 0 Å². The lowest BCUT2D eigenvalue weighted by Crippen LogP contribution is -2.24. The Morgan fingerprint density at radius 1 is 1.15 bits per heavy atom. The van der Waals surface area contributed by atoms with Gasteiger partial charge in [-0.25, -0.2) is 5.43 Å². The molecule has 0 aliphatic rings. The summed E-state index contributed by atoms with van der Waals surface area (Å²) in [7, 11) is 0. The maximum atomic E-state index is 11.8. The lowest BCUT2D eigenvalue weighted by molar-refractivity contribution is -0.123. The van der Waals surface area contributed by atoms with Gasteiger partial charge in [0.05, 0.1) is 11.9 Å². The molecular weight excluding hydrogens is 354 g/mol. The highest BCUT2D eigenvalue weighted by Gasteiger charge is 2.03. The third kappa shape index (κ3) is 4.64. The number of carbonyl (C=O) groups excluding carboxylic acids is 1. The number of hydrogen-bond acceptors (Lipinski definition) is 4. The number of nitrogens with zero attached hydrogens (tertiary/aromatic N) is 2. The van der Waals surface area contributed by atoms with Crippen LogP contribution in [-0.2, 0) is 4.79 Å². The van der Waals surface area contributed by atoms with Gasteiger partial charge < -0.3 is 14.4 Å². The Balaban J connectivity index is 1.55. The van der Waals surface area contributed by atoms with Crippen LogP contribution in [0, 0.1) is 0 Å². The summed E-state index contributed by atoms with van der Waals surface area (Å²) in [6.07, 6.45) is 3.40. The Kier molecular flexibility index (Phi) is 5.56. The molecule has 0 saturated heterocycles. The SMILES string of the molecule is O=C(COc1ccc(Cl)cc1)N/N=C\c1cccn1-c1ccc(O)cc1. The summed E-state index contributed by atoms with van der Waals surface area (Å²) in [5, 5.41) is 13.9. The van der Waals surface area contributed by atoms with Crippen molar-refractivity contribution in [3.05, 3.63) is 77.6 Å². The van der Waals surface area contributed by atoms with Crippen LogP contribution in [0.4, 0.5) is 0 Å². The molecule has 0 unspecified atom stereocenters. The molecule has 26 heavy (non-hydrogen) atoms. The summed E-state index contributed by atoms with van der Waals surface area (Å²) in [4.78, 5) is 11.8. The lowest BCUT2D eigenvalue weighted by atomic mass is 10.3. The van der Waals surface area contributed by atoms with Crippen LogP contribution in [0.5, 0.6) is 11.5 Å². The minimum Gasteiger partial charge on any atom is -0.508 e. The predicted octanol–water partition coefficient (Wildman–Crippen LogP) is 3.37. The van der Waals surface area contributed by atoms with E-state index in [1.807, 2.05) is 22.9 Å². The van der Waals surface area contributed by atoms with Crippen molar-refractivity contribution in [3.63, 3.8) is 0 Å². The number of amides is 1. The number of hydrogen-bond donors (Lipinski definition) is 2. The molecule has 7 heteroatoms. The van der Waals surface area contributed by atoms with Gasteiger partial charge in [0.25, 0.3) is 5.91 Å². The number of halogens is 1. The van der Waals surface area contributed by atoms with Crippen LogP contribution in [0.3, 0.4) is 0 Å². The van der Waals surface area contributed by atoms with Crippen LogP contribution >= 0.6 is 11.6 Å². The summed E-state index contributed by atoms with van der Waals surface area (Å²) in [6, 6.07) is 17.2. The number of benzene rings is 2. The third-order valence-electron chi connectivity index (χ3n) is 3.48. The second-order valence-electron chi connectivity index (χ2n) is 5.36. The van der Waals surface area contributed by atoms with E-state index < -0.39 is 0 Å². The average molecular weight is 370 g/mol. The molecule has 3 aromatic rings. The molecule has 132 valence electrons. The minimum atomic E-state index is -0.376. The maximum absolute atomic E-state index is 11.8. The molecule has 0 bridgehead atoms. The molecule has 1 heterocycles. The van der Waals surface area contributed by atoms with E-state index in [0.717, 1.165) is 11.4 Å². The van der Waals surface area contributed by atoms with Crippen LogP contribution in [0.1, 0.15) is 5.69 Å². The fourth-order valence-corrected chi connectivity index (χ4v) is 2.36. The summed E-state index contributed by atoms with van der Waals surface area (Å²) in [5.74, 6) is 0.373. The zero-order chi connectivity index (χ0) is 18.4. The van der Waals surface area contributed by atoms with Gasteiger partial charge in [0, 0.05) is 16.9 Å². The molecule has 2 aromatic carbocycles. The van der Waals surface area contributed by atoms with Crippen LogP contribution in [-0.4, -0.2) is 28.4 Å². The van der Waals surface area contributed by atoms with Crippen molar-refractivity contribution >= 4 is 23.7 Å². The zero-order valence-electron chi connectivity index (χ0n) is 13.7. The second kappa shape index (κ2) is 8.22. The van der Waals surface area contributed by atoms with Gasteiger partial charge in [-0.15, -0.1) is 0 Å². The Morgan fingerprint density at radius 2 is 1.88 bits per heavy atom. The number of rotatable bonds is 6. The van der Waals surface area contributed by atoms with Crippen LogP contribution < -0.4 is 10.2 Å². The van der Waals surface area contributed by atoms with E-state index in [1.54, 1.807) is 48.5 Å². The van der Waals surface area contributed by atoms with Crippen LogP contribution in [0.15, 0.2) is 72.0 Å². The van der Waals surface area contributed by atoms with Crippen molar-refractivity contribution in [1.29, 1.82) is 0 Å². The molecule has 0 atom stereocenters. The normalized spacial score (nSPS) is 10.8. The van der Waals surface area contributed by atoms with Crippen molar-refractivity contribution in [3.8, 4) is 17.2 Å². The van der Waals surface area contributed by atoms with Crippen molar-refractivity contribution in [2.45, 2.75) is 0 Å².